The minimum absolute atomic E-state index is 0. The van der Waals surface area contributed by atoms with E-state index >= 15 is 0 Å². The Bertz CT molecular complexity index is 766. The van der Waals surface area contributed by atoms with Crippen LogP contribution >= 0.6 is 0 Å². The van der Waals surface area contributed by atoms with Gasteiger partial charge >= 0.3 is 5.97 Å². The summed E-state index contributed by atoms with van der Waals surface area (Å²) in [6.07, 6.45) is 0.160. The summed E-state index contributed by atoms with van der Waals surface area (Å²) in [6, 6.07) is 13.3. The molecule has 0 saturated carbocycles. The fourth-order valence-corrected chi connectivity index (χ4v) is 2.32. The summed E-state index contributed by atoms with van der Waals surface area (Å²) in [5.74, 6) is -1.50. The molecule has 2 aromatic rings. The fraction of sp³-hybridized carbons (Fsp3) is 0.300. The predicted molar refractivity (Wildman–Crippen MR) is 96.5 cm³/mol. The molecular weight excluding hydrogens is 575 g/mol. The van der Waals surface area contributed by atoms with Gasteiger partial charge in [0.25, 0.3) is 5.97 Å². The van der Waals surface area contributed by atoms with Crippen molar-refractivity contribution in [2.75, 3.05) is 0 Å². The van der Waals surface area contributed by atoms with Crippen LogP contribution in [0.2, 0.25) is 0 Å². The molecule has 0 saturated heterocycles. The molecule has 0 fully saturated rings. The Morgan fingerprint density at radius 1 is 1.08 bits per heavy atom. The summed E-state index contributed by atoms with van der Waals surface area (Å²) in [5, 5.41) is 8.81. The molecule has 0 spiro atoms. The molecule has 1 unspecified atom stereocenters. The molecule has 0 bridgehead atoms. The Balaban J connectivity index is 0.00000338. The van der Waals surface area contributed by atoms with Crippen LogP contribution in [0.15, 0.2) is 48.5 Å². The average Bonchev–Trinajstić information content (AvgIpc) is 2.54. The van der Waals surface area contributed by atoms with E-state index in [4.69, 9.17) is 15.6 Å². The molecule has 144 valence electrons. The number of hydrogen-bond acceptors (Lipinski definition) is 3. The number of carbonyl (C=O) groups excluding carboxylic acids is 1. The molecule has 0 radical (unpaired) electrons. The van der Waals surface area contributed by atoms with Crippen LogP contribution in [0.4, 0.5) is 0 Å². The van der Waals surface area contributed by atoms with Gasteiger partial charge in [-0.2, -0.15) is 0 Å². The maximum absolute atomic E-state index is 12.2. The van der Waals surface area contributed by atoms with E-state index in [1.807, 2.05) is 39.0 Å². The van der Waals surface area contributed by atoms with Crippen molar-refractivity contribution >= 4 is 11.9 Å². The van der Waals surface area contributed by atoms with Crippen molar-refractivity contribution in [3.8, 4) is 11.1 Å². The Kier molecular flexibility index (Phi) is 6.23. The van der Waals surface area contributed by atoms with Crippen LogP contribution in [-0.4, -0.2) is 28.7 Å². The van der Waals surface area contributed by atoms with Crippen molar-refractivity contribution in [1.29, 1.82) is 0 Å². The minimum atomic E-state index is -1.17. The third-order valence-electron chi connectivity index (χ3n) is 3.52. The maximum atomic E-state index is 12.2. The van der Waals surface area contributed by atoms with E-state index in [9.17, 15) is 9.59 Å². The first-order valence-corrected chi connectivity index (χ1v) is 8.02. The van der Waals surface area contributed by atoms with Gasteiger partial charge in [0, 0.05) is 0 Å². The van der Waals surface area contributed by atoms with Crippen LogP contribution in [-0.2, 0) is 16.0 Å². The Morgan fingerprint density at radius 3 is 2.23 bits per heavy atom. The topological polar surface area (TPSA) is 87.4 Å². The second-order valence-corrected chi connectivity index (χ2v) is 6.87. The Hall–Kier alpha value is -3.66. The zero-order chi connectivity index (χ0) is 18.6. The largest absolute Gasteiger partial charge is 0.665 e. The second-order valence-electron chi connectivity index (χ2n) is 6.87. The number of ether oxygens (including phenoxy) is 1. The van der Waals surface area contributed by atoms with E-state index in [1.54, 1.807) is 30.3 Å². The van der Waals surface area contributed by atoms with Gasteiger partial charge in [0.2, 0.25) is 0 Å². The number of rotatable bonds is 5. The number of esters is 1. The molecule has 0 amide bonds. The van der Waals surface area contributed by atoms with Crippen LogP contribution in [0.1, 0.15) is 36.7 Å². The second kappa shape index (κ2) is 7.94. The number of carbonyl (C=O) groups is 2. The monoisotopic (exact) mass is 597 g/mol. The van der Waals surface area contributed by atoms with Gasteiger partial charge in [0.15, 0.2) is 0 Å². The Morgan fingerprint density at radius 2 is 1.69 bits per heavy atom. The zero-order valence-corrected chi connectivity index (χ0v) is 17.3. The van der Waals surface area contributed by atoms with E-state index < -0.39 is 17.6 Å². The quantitative estimate of drug-likeness (QED) is 0.520. The van der Waals surface area contributed by atoms with Gasteiger partial charge in [-0.05, 0) is 62.1 Å². The number of hydrogen-bond donors (Lipinski definition) is 1. The molecule has 0 aliphatic heterocycles. The molecule has 2 rings (SSSR count). The van der Waals surface area contributed by atoms with Crippen molar-refractivity contribution in [3.05, 3.63) is 65.4 Å². The van der Waals surface area contributed by atoms with Crippen molar-refractivity contribution in [2.45, 2.75) is 38.8 Å². The van der Waals surface area contributed by atoms with Crippen molar-refractivity contribution in [3.63, 3.8) is 0 Å². The summed E-state index contributed by atoms with van der Waals surface area (Å²) < 4.78 is 5.38. The van der Waals surface area contributed by atoms with Crippen LogP contribution < -0.4 is 0 Å². The van der Waals surface area contributed by atoms with E-state index in [1.165, 1.54) is 0 Å². The minimum Gasteiger partial charge on any atom is -0.665 e. The average molecular weight is 597 g/mol. The molecule has 5 nitrogen and oxygen atoms in total. The molecule has 0 aliphatic carbocycles. The Labute approximate surface area is 147 Å². The summed E-state index contributed by atoms with van der Waals surface area (Å²) in [6.45, 7) is 5.47. The molecule has 1 atom stereocenters. The summed E-state index contributed by atoms with van der Waals surface area (Å²) in [5.41, 5.74) is 9.97. The molecule has 0 aliphatic rings. The van der Waals surface area contributed by atoms with Crippen LogP contribution in [0, 0.1) is 0 Å². The van der Waals surface area contributed by atoms with Gasteiger partial charge in [0.1, 0.15) is 5.60 Å². The van der Waals surface area contributed by atoms with Gasteiger partial charge in [-0.25, -0.2) is 4.79 Å². The molecule has 26 heavy (non-hydrogen) atoms. The molecule has 2 aromatic carbocycles. The number of nitrogens with one attached hydrogen (secondary N) is 1. The van der Waals surface area contributed by atoms with Crippen molar-refractivity contribution < 1.29 is 19.4 Å². The summed E-state index contributed by atoms with van der Waals surface area (Å²) in [7, 11) is 0. The van der Waals surface area contributed by atoms with Gasteiger partial charge in [0.05, 0.1) is 5.56 Å². The smallest absolute Gasteiger partial charge is 0.338 e. The van der Waals surface area contributed by atoms with Crippen LogP contribution in [0.3, 0.4) is 0 Å². The summed E-state index contributed by atoms with van der Waals surface area (Å²) >= 11 is 0. The van der Waals surface area contributed by atoms with Crippen LogP contribution in [0.25, 0.3) is 16.9 Å². The van der Waals surface area contributed by atoms with Crippen molar-refractivity contribution in [1.82, 2.24) is 0 Å². The zero-order valence-electron chi connectivity index (χ0n) is 14.9. The standard InChI is InChI=1S/C20H22NO4.Fm/c1-20(2,3)25-19(24)16-6-4-5-15(12-16)14-9-7-13(8-10-14)11-17(21)18(22)23;/h4-10,12,17,21H,11H2,1-3H3,(H,22,23);/q-1;. The number of carboxylic acids is 1. The SMILES string of the molecule is CC(C)(C)OC(=O)c1cccc(-c2ccc(CC([NH-])C(=O)O)cc2)c1.[Fm]. The normalized spacial score (nSPS) is 12.0. The molecule has 2 N–H and O–H groups in total. The van der Waals surface area contributed by atoms with E-state index in [2.05, 4.69) is 0 Å². The predicted octanol–water partition coefficient (Wildman–Crippen LogP) is 4.36. The molecule has 0 aromatic heterocycles. The van der Waals surface area contributed by atoms with E-state index in [-0.39, 0.29) is 12.4 Å². The maximum Gasteiger partial charge on any atom is 0.338 e. The van der Waals surface area contributed by atoms with Gasteiger partial charge < -0.3 is 15.6 Å². The van der Waals surface area contributed by atoms with Crippen LogP contribution in [0.5, 0.6) is 0 Å². The fourth-order valence-electron chi connectivity index (χ4n) is 2.32. The molecule has 0 heterocycles. The van der Waals surface area contributed by atoms with Gasteiger partial charge in [-0.3, -0.25) is 4.79 Å². The number of aliphatic carboxylic acids is 1. The number of carboxylic acid groups (broad SMARTS) is 1. The number of benzene rings is 2. The third-order valence-corrected chi connectivity index (χ3v) is 3.52. The first-order chi connectivity index (χ1) is 11.7. The van der Waals surface area contributed by atoms with Crippen molar-refractivity contribution in [2.24, 2.45) is 0 Å². The molecule has 6 heteroatoms. The van der Waals surface area contributed by atoms with Gasteiger partial charge in [-0.15, -0.1) is 0 Å². The van der Waals surface area contributed by atoms with Gasteiger partial charge in [-0.1, -0.05) is 36.4 Å². The van der Waals surface area contributed by atoms with E-state index in [0.717, 1.165) is 16.7 Å². The van der Waals surface area contributed by atoms with E-state index in [0.29, 0.717) is 5.56 Å². The molecular formula is C20H22FmNO4-. The summed E-state index contributed by atoms with van der Waals surface area (Å²) in [4.78, 5) is 22.9. The third kappa shape index (κ3) is 5.46. The first-order valence-electron chi connectivity index (χ1n) is 8.02. The first kappa shape index (κ1) is 20.4.